The highest BCUT2D eigenvalue weighted by Gasteiger charge is 2.41. The van der Waals surface area contributed by atoms with Crippen LogP contribution >= 0.6 is 46.8 Å². The number of nitrogens with zero attached hydrogens (tertiary/aromatic N) is 1. The largest absolute Gasteiger partial charge is 0.273 e. The molecule has 0 N–H and O–H groups in total. The SMILES string of the molecule is CCCCCCCCC=CC1CC(=O)N(SC(Cl)(Cl)Cl)C1=O. The zero-order valence-corrected chi connectivity index (χ0v) is 15.8. The van der Waals surface area contributed by atoms with Crippen LogP contribution < -0.4 is 0 Å². The molecule has 1 heterocycles. The van der Waals surface area contributed by atoms with E-state index in [4.69, 9.17) is 34.8 Å². The van der Waals surface area contributed by atoms with Crippen LogP contribution in [0.4, 0.5) is 0 Å². The molecule has 0 bridgehead atoms. The second kappa shape index (κ2) is 10.1. The summed E-state index contributed by atoms with van der Waals surface area (Å²) in [5.41, 5.74) is 0. The summed E-state index contributed by atoms with van der Waals surface area (Å²) in [5, 5.41) is 0. The van der Waals surface area contributed by atoms with Crippen LogP contribution in [0.25, 0.3) is 0 Å². The normalized spacial score (nSPS) is 19.6. The zero-order chi connectivity index (χ0) is 16.6. The van der Waals surface area contributed by atoms with E-state index in [1.807, 2.05) is 12.2 Å². The summed E-state index contributed by atoms with van der Waals surface area (Å²) in [6, 6.07) is 0. The molecule has 3 nitrogen and oxygen atoms in total. The predicted octanol–water partition coefficient (Wildman–Crippen LogP) is 5.64. The van der Waals surface area contributed by atoms with Crippen LogP contribution in [-0.4, -0.2) is 19.2 Å². The molecule has 1 saturated heterocycles. The van der Waals surface area contributed by atoms with Gasteiger partial charge in [0.2, 0.25) is 11.8 Å². The van der Waals surface area contributed by atoms with Crippen molar-refractivity contribution in [2.24, 2.45) is 5.92 Å². The molecule has 0 aliphatic carbocycles. The standard InChI is InChI=1S/C15H22Cl3NO2S/c1-2-3-4-5-6-7-8-9-10-12-11-13(20)19(14(12)21)22-15(16,17)18/h9-10,12H,2-8,11H2,1H3. The molecule has 7 heteroatoms. The van der Waals surface area contributed by atoms with E-state index in [-0.39, 0.29) is 18.2 Å². The Hall–Kier alpha value is 0.1000. The third-order valence-electron chi connectivity index (χ3n) is 3.43. The number of rotatable bonds is 9. The summed E-state index contributed by atoms with van der Waals surface area (Å²) in [6.45, 7) is 2.20. The van der Waals surface area contributed by atoms with Crippen molar-refractivity contribution >= 4 is 58.6 Å². The van der Waals surface area contributed by atoms with Crippen molar-refractivity contribution in [2.45, 2.75) is 61.4 Å². The lowest BCUT2D eigenvalue weighted by atomic mass is 10.1. The number of alkyl halides is 3. The molecular weight excluding hydrogens is 365 g/mol. The molecule has 1 unspecified atom stereocenters. The molecule has 0 aromatic rings. The van der Waals surface area contributed by atoms with Gasteiger partial charge < -0.3 is 0 Å². The van der Waals surface area contributed by atoms with Crippen molar-refractivity contribution in [2.75, 3.05) is 0 Å². The fourth-order valence-electron chi connectivity index (χ4n) is 2.28. The molecular formula is C15H22Cl3NO2S. The Balaban J connectivity index is 2.30. The predicted molar refractivity (Wildman–Crippen MR) is 95.0 cm³/mol. The van der Waals surface area contributed by atoms with E-state index in [1.165, 1.54) is 32.1 Å². The highest BCUT2D eigenvalue weighted by Crippen LogP contribution is 2.43. The average Bonchev–Trinajstić information content (AvgIpc) is 2.68. The van der Waals surface area contributed by atoms with Gasteiger partial charge in [0, 0.05) is 18.4 Å². The van der Waals surface area contributed by atoms with E-state index in [9.17, 15) is 9.59 Å². The molecule has 1 aliphatic heterocycles. The lowest BCUT2D eigenvalue weighted by Crippen LogP contribution is -2.26. The fourth-order valence-corrected chi connectivity index (χ4v) is 3.51. The van der Waals surface area contributed by atoms with Crippen LogP contribution in [0.15, 0.2) is 12.2 Å². The lowest BCUT2D eigenvalue weighted by Gasteiger charge is -2.17. The first-order valence-corrected chi connectivity index (χ1v) is 9.55. The summed E-state index contributed by atoms with van der Waals surface area (Å²) < 4.78 is -0.741. The van der Waals surface area contributed by atoms with Crippen molar-refractivity contribution in [3.63, 3.8) is 0 Å². The van der Waals surface area contributed by atoms with Gasteiger partial charge in [0.15, 0.2) is 0 Å². The highest BCUT2D eigenvalue weighted by molar-refractivity contribution is 8.03. The fraction of sp³-hybridized carbons (Fsp3) is 0.733. The Kier molecular flexibility index (Phi) is 9.22. The second-order valence-corrected chi connectivity index (χ2v) is 9.47. The molecule has 22 heavy (non-hydrogen) atoms. The van der Waals surface area contributed by atoms with Crippen LogP contribution in [0.3, 0.4) is 0 Å². The maximum Gasteiger partial charge on any atom is 0.256 e. The first kappa shape index (κ1) is 20.1. The summed E-state index contributed by atoms with van der Waals surface area (Å²) in [7, 11) is 0. The Morgan fingerprint density at radius 3 is 2.45 bits per heavy atom. The number of hydrogen-bond acceptors (Lipinski definition) is 3. The van der Waals surface area contributed by atoms with E-state index in [1.54, 1.807) is 0 Å². The van der Waals surface area contributed by atoms with Crippen molar-refractivity contribution in [3.8, 4) is 0 Å². The Bertz CT molecular complexity index is 410. The molecule has 0 spiro atoms. The minimum Gasteiger partial charge on any atom is -0.273 e. The molecule has 0 aromatic heterocycles. The van der Waals surface area contributed by atoms with E-state index < -0.39 is 9.04 Å². The Morgan fingerprint density at radius 1 is 1.18 bits per heavy atom. The quantitative estimate of drug-likeness (QED) is 0.169. The number of carbonyl (C=O) groups excluding carboxylic acids is 2. The molecule has 0 radical (unpaired) electrons. The van der Waals surface area contributed by atoms with E-state index in [2.05, 4.69) is 6.92 Å². The number of allylic oxidation sites excluding steroid dienone is 1. The molecule has 1 aliphatic rings. The van der Waals surface area contributed by atoms with E-state index in [0.29, 0.717) is 11.9 Å². The zero-order valence-electron chi connectivity index (χ0n) is 12.7. The molecule has 126 valence electrons. The first-order valence-electron chi connectivity index (χ1n) is 7.64. The van der Waals surface area contributed by atoms with Gasteiger partial charge in [0.25, 0.3) is 3.12 Å². The summed E-state index contributed by atoms with van der Waals surface area (Å²) in [5.74, 6) is -1.04. The smallest absolute Gasteiger partial charge is 0.256 e. The average molecular weight is 387 g/mol. The van der Waals surface area contributed by atoms with Crippen LogP contribution in [0.5, 0.6) is 0 Å². The van der Waals surface area contributed by atoms with Crippen LogP contribution in [0, 0.1) is 5.92 Å². The second-order valence-electron chi connectivity index (χ2n) is 5.36. The van der Waals surface area contributed by atoms with Crippen molar-refractivity contribution in [1.82, 2.24) is 4.31 Å². The van der Waals surface area contributed by atoms with Gasteiger partial charge in [-0.2, -0.15) is 0 Å². The van der Waals surface area contributed by atoms with Gasteiger partial charge in [-0.15, -0.1) is 0 Å². The van der Waals surface area contributed by atoms with E-state index in [0.717, 1.165) is 17.1 Å². The molecule has 1 fully saturated rings. The third-order valence-corrected chi connectivity index (χ3v) is 4.82. The third kappa shape index (κ3) is 7.58. The van der Waals surface area contributed by atoms with Gasteiger partial charge in [-0.25, -0.2) is 4.31 Å². The van der Waals surface area contributed by atoms with Gasteiger partial charge >= 0.3 is 0 Å². The molecule has 1 atom stereocenters. The number of hydrogen-bond donors (Lipinski definition) is 0. The Morgan fingerprint density at radius 2 is 1.82 bits per heavy atom. The van der Waals surface area contributed by atoms with Gasteiger partial charge in [-0.3, -0.25) is 9.59 Å². The number of unbranched alkanes of at least 4 members (excludes halogenated alkanes) is 6. The number of halogens is 3. The summed E-state index contributed by atoms with van der Waals surface area (Å²) >= 11 is 17.5. The van der Waals surface area contributed by atoms with Gasteiger partial charge in [-0.1, -0.05) is 86.0 Å². The first-order chi connectivity index (χ1) is 10.3. The summed E-state index contributed by atoms with van der Waals surface area (Å²) in [6.07, 6.45) is 12.3. The van der Waals surface area contributed by atoms with Crippen LogP contribution in [-0.2, 0) is 9.59 Å². The number of carbonyl (C=O) groups is 2. The molecule has 0 aromatic carbocycles. The highest BCUT2D eigenvalue weighted by atomic mass is 35.6. The van der Waals surface area contributed by atoms with Crippen molar-refractivity contribution in [3.05, 3.63) is 12.2 Å². The Labute approximate surface area is 151 Å². The van der Waals surface area contributed by atoms with Gasteiger partial charge in [-0.05, 0) is 12.8 Å². The lowest BCUT2D eigenvalue weighted by molar-refractivity contribution is -0.132. The number of imide groups is 1. The van der Waals surface area contributed by atoms with Crippen molar-refractivity contribution < 1.29 is 9.59 Å². The van der Waals surface area contributed by atoms with Gasteiger partial charge in [0.05, 0.1) is 5.92 Å². The van der Waals surface area contributed by atoms with Gasteiger partial charge in [0.1, 0.15) is 0 Å². The molecule has 2 amide bonds. The minimum atomic E-state index is -1.71. The topological polar surface area (TPSA) is 37.4 Å². The van der Waals surface area contributed by atoms with Crippen LogP contribution in [0.2, 0.25) is 0 Å². The summed E-state index contributed by atoms with van der Waals surface area (Å²) in [4.78, 5) is 23.9. The van der Waals surface area contributed by atoms with Crippen molar-refractivity contribution in [1.29, 1.82) is 0 Å². The minimum absolute atomic E-state index is 0.152. The number of amides is 2. The maximum atomic E-state index is 12.1. The van der Waals surface area contributed by atoms with E-state index >= 15 is 0 Å². The molecule has 0 saturated carbocycles. The maximum absolute atomic E-state index is 12.1. The monoisotopic (exact) mass is 385 g/mol. The van der Waals surface area contributed by atoms with Crippen LogP contribution in [0.1, 0.15) is 58.3 Å². The molecule has 1 rings (SSSR count).